The van der Waals surface area contributed by atoms with Gasteiger partial charge in [-0.05, 0) is 13.8 Å². The summed E-state index contributed by atoms with van der Waals surface area (Å²) in [5, 5.41) is 7.32. The van der Waals surface area contributed by atoms with E-state index in [1.54, 1.807) is 23.3 Å². The van der Waals surface area contributed by atoms with E-state index in [4.69, 9.17) is 4.74 Å². The Balaban J connectivity index is 1.85. The molecule has 0 aromatic carbocycles. The summed E-state index contributed by atoms with van der Waals surface area (Å²) < 4.78 is 7.19. The van der Waals surface area contributed by atoms with E-state index in [0.717, 1.165) is 12.2 Å². The first-order valence-corrected chi connectivity index (χ1v) is 6.21. The molecule has 102 valence electrons. The predicted octanol–water partition coefficient (Wildman–Crippen LogP) is 1.05. The van der Waals surface area contributed by atoms with Crippen LogP contribution in [0.5, 0.6) is 5.88 Å². The molecule has 2 aromatic heterocycles. The zero-order valence-corrected chi connectivity index (χ0v) is 11.4. The van der Waals surface area contributed by atoms with Crippen LogP contribution in [0.15, 0.2) is 18.6 Å². The summed E-state index contributed by atoms with van der Waals surface area (Å²) in [5.74, 6) is 1.92. The number of rotatable bonds is 6. The number of anilines is 1. The summed E-state index contributed by atoms with van der Waals surface area (Å²) in [7, 11) is 1.85. The van der Waals surface area contributed by atoms with Gasteiger partial charge in [0.25, 0.3) is 0 Å². The van der Waals surface area contributed by atoms with Crippen molar-refractivity contribution in [3.63, 3.8) is 0 Å². The summed E-state index contributed by atoms with van der Waals surface area (Å²) in [5.41, 5.74) is 0. The lowest BCUT2D eigenvalue weighted by Crippen LogP contribution is -2.11. The zero-order chi connectivity index (χ0) is 13.7. The third-order valence-electron chi connectivity index (χ3n) is 2.27. The molecule has 0 amide bonds. The average molecular weight is 262 g/mol. The van der Waals surface area contributed by atoms with Gasteiger partial charge in [-0.25, -0.2) is 9.97 Å². The van der Waals surface area contributed by atoms with Crippen LogP contribution in [0.3, 0.4) is 0 Å². The van der Waals surface area contributed by atoms with Crippen LogP contribution in [0.25, 0.3) is 0 Å². The monoisotopic (exact) mass is 262 g/mol. The third-order valence-corrected chi connectivity index (χ3v) is 2.27. The summed E-state index contributed by atoms with van der Waals surface area (Å²) >= 11 is 0. The second-order valence-corrected chi connectivity index (χ2v) is 4.40. The molecule has 0 aliphatic heterocycles. The van der Waals surface area contributed by atoms with Crippen molar-refractivity contribution < 1.29 is 4.74 Å². The molecule has 0 spiro atoms. The van der Waals surface area contributed by atoms with Crippen LogP contribution in [-0.2, 0) is 13.5 Å². The third kappa shape index (κ3) is 4.20. The standard InChI is InChI=1S/C12H18N6O/c1-9(2)19-11-5-7-14-12(16-11)13-6-4-10-15-8-18(3)17-10/h5,7-9H,4,6H2,1-3H3,(H,13,14,16). The molecule has 0 unspecified atom stereocenters. The SMILES string of the molecule is CC(C)Oc1ccnc(NCCc2ncn(C)n2)n1. The number of nitrogens with zero attached hydrogens (tertiary/aromatic N) is 5. The minimum atomic E-state index is 0.0977. The van der Waals surface area contributed by atoms with E-state index in [9.17, 15) is 0 Å². The molecule has 0 fully saturated rings. The number of ether oxygens (including phenoxy) is 1. The lowest BCUT2D eigenvalue weighted by molar-refractivity contribution is 0.232. The molecule has 1 N–H and O–H groups in total. The Morgan fingerprint density at radius 2 is 2.21 bits per heavy atom. The molecule has 2 heterocycles. The number of hydrogen-bond donors (Lipinski definition) is 1. The topological polar surface area (TPSA) is 77.8 Å². The van der Waals surface area contributed by atoms with Crippen LogP contribution in [0, 0.1) is 0 Å². The van der Waals surface area contributed by atoms with Gasteiger partial charge in [-0.15, -0.1) is 0 Å². The van der Waals surface area contributed by atoms with Crippen molar-refractivity contribution in [3.8, 4) is 5.88 Å². The Kier molecular flexibility index (Phi) is 4.27. The van der Waals surface area contributed by atoms with Crippen molar-refractivity contribution in [3.05, 3.63) is 24.4 Å². The predicted molar refractivity (Wildman–Crippen MR) is 71.0 cm³/mol. The van der Waals surface area contributed by atoms with Crippen molar-refractivity contribution in [1.82, 2.24) is 24.7 Å². The summed E-state index contributed by atoms with van der Waals surface area (Å²) in [6.07, 6.45) is 4.18. The highest BCUT2D eigenvalue weighted by molar-refractivity contribution is 5.27. The Hall–Kier alpha value is -2.18. The molecule has 2 aromatic rings. The molecule has 0 saturated carbocycles. The molecular formula is C12H18N6O. The average Bonchev–Trinajstić information content (AvgIpc) is 2.75. The highest BCUT2D eigenvalue weighted by Crippen LogP contribution is 2.10. The van der Waals surface area contributed by atoms with E-state index in [0.29, 0.717) is 18.4 Å². The molecule has 2 rings (SSSR count). The fraction of sp³-hybridized carbons (Fsp3) is 0.500. The molecule has 0 aliphatic rings. The summed E-state index contributed by atoms with van der Waals surface area (Å²) in [4.78, 5) is 12.5. The second-order valence-electron chi connectivity index (χ2n) is 4.40. The van der Waals surface area contributed by atoms with E-state index in [-0.39, 0.29) is 6.10 Å². The van der Waals surface area contributed by atoms with Gasteiger partial charge in [0.15, 0.2) is 5.82 Å². The Labute approximate surface area is 112 Å². The minimum absolute atomic E-state index is 0.0977. The van der Waals surface area contributed by atoms with Gasteiger partial charge in [-0.1, -0.05) is 0 Å². The number of aryl methyl sites for hydroxylation is 1. The maximum Gasteiger partial charge on any atom is 0.225 e. The van der Waals surface area contributed by atoms with Crippen LogP contribution in [0.1, 0.15) is 19.7 Å². The van der Waals surface area contributed by atoms with Crippen LogP contribution in [-0.4, -0.2) is 37.4 Å². The second kappa shape index (κ2) is 6.12. The van der Waals surface area contributed by atoms with Gasteiger partial charge in [-0.3, -0.25) is 4.68 Å². The van der Waals surface area contributed by atoms with Crippen LogP contribution in [0.4, 0.5) is 5.95 Å². The first kappa shape index (κ1) is 13.3. The van der Waals surface area contributed by atoms with E-state index >= 15 is 0 Å². The van der Waals surface area contributed by atoms with Gasteiger partial charge >= 0.3 is 0 Å². The highest BCUT2D eigenvalue weighted by Gasteiger charge is 2.03. The van der Waals surface area contributed by atoms with Crippen LogP contribution >= 0.6 is 0 Å². The number of nitrogens with one attached hydrogen (secondary N) is 1. The van der Waals surface area contributed by atoms with E-state index < -0.39 is 0 Å². The van der Waals surface area contributed by atoms with Crippen LogP contribution < -0.4 is 10.1 Å². The Morgan fingerprint density at radius 3 is 2.89 bits per heavy atom. The fourth-order valence-corrected chi connectivity index (χ4v) is 1.52. The molecule has 0 radical (unpaired) electrons. The van der Waals surface area contributed by atoms with Crippen molar-refractivity contribution in [2.75, 3.05) is 11.9 Å². The first-order valence-electron chi connectivity index (χ1n) is 6.21. The fourth-order valence-electron chi connectivity index (χ4n) is 1.52. The van der Waals surface area contributed by atoms with Gasteiger partial charge in [0.2, 0.25) is 11.8 Å². The molecule has 7 nitrogen and oxygen atoms in total. The summed E-state index contributed by atoms with van der Waals surface area (Å²) in [6.45, 7) is 4.60. The normalized spacial score (nSPS) is 10.7. The quantitative estimate of drug-likeness (QED) is 0.838. The molecule has 0 saturated heterocycles. The van der Waals surface area contributed by atoms with E-state index in [1.165, 1.54) is 0 Å². The largest absolute Gasteiger partial charge is 0.475 e. The smallest absolute Gasteiger partial charge is 0.225 e. The van der Waals surface area contributed by atoms with E-state index in [2.05, 4.69) is 25.4 Å². The molecule has 19 heavy (non-hydrogen) atoms. The Bertz CT molecular complexity index is 524. The lowest BCUT2D eigenvalue weighted by Gasteiger charge is -2.09. The van der Waals surface area contributed by atoms with Gasteiger partial charge in [0, 0.05) is 32.3 Å². The van der Waals surface area contributed by atoms with Gasteiger partial charge in [0.05, 0.1) is 6.10 Å². The molecular weight excluding hydrogens is 244 g/mol. The molecule has 0 atom stereocenters. The maximum atomic E-state index is 5.50. The molecule has 0 aliphatic carbocycles. The highest BCUT2D eigenvalue weighted by atomic mass is 16.5. The molecule has 0 bridgehead atoms. The number of hydrogen-bond acceptors (Lipinski definition) is 6. The van der Waals surface area contributed by atoms with Gasteiger partial charge < -0.3 is 10.1 Å². The maximum absolute atomic E-state index is 5.50. The van der Waals surface area contributed by atoms with Gasteiger partial charge in [-0.2, -0.15) is 10.1 Å². The molecule has 7 heteroatoms. The zero-order valence-electron chi connectivity index (χ0n) is 11.4. The van der Waals surface area contributed by atoms with Crippen molar-refractivity contribution in [1.29, 1.82) is 0 Å². The van der Waals surface area contributed by atoms with Crippen molar-refractivity contribution in [2.24, 2.45) is 7.05 Å². The lowest BCUT2D eigenvalue weighted by atomic mass is 10.4. The number of aromatic nitrogens is 5. The summed E-state index contributed by atoms with van der Waals surface area (Å²) in [6, 6.07) is 1.74. The Morgan fingerprint density at radius 1 is 1.37 bits per heavy atom. The van der Waals surface area contributed by atoms with E-state index in [1.807, 2.05) is 20.9 Å². The van der Waals surface area contributed by atoms with Crippen molar-refractivity contribution in [2.45, 2.75) is 26.4 Å². The first-order chi connectivity index (χ1) is 9.13. The minimum Gasteiger partial charge on any atom is -0.475 e. The van der Waals surface area contributed by atoms with Crippen molar-refractivity contribution >= 4 is 5.95 Å². The van der Waals surface area contributed by atoms with Crippen LogP contribution in [0.2, 0.25) is 0 Å². The van der Waals surface area contributed by atoms with Gasteiger partial charge in [0.1, 0.15) is 6.33 Å².